The lowest BCUT2D eigenvalue weighted by Gasteiger charge is -2.36. The zero-order valence-corrected chi connectivity index (χ0v) is 22.8. The van der Waals surface area contributed by atoms with E-state index in [1.165, 1.54) is 12.0 Å². The lowest BCUT2D eigenvalue weighted by atomic mass is 10.1. The number of benzene rings is 2. The Labute approximate surface area is 234 Å². The van der Waals surface area contributed by atoms with Gasteiger partial charge in [0.25, 0.3) is 0 Å². The van der Waals surface area contributed by atoms with Crippen LogP contribution in [0.4, 0.5) is 10.8 Å². The third-order valence-corrected chi connectivity index (χ3v) is 8.02. The predicted octanol–water partition coefficient (Wildman–Crippen LogP) is 4.72. The van der Waals surface area contributed by atoms with Crippen molar-refractivity contribution in [1.29, 1.82) is 0 Å². The first-order chi connectivity index (χ1) is 18.6. The molecule has 9 nitrogen and oxygen atoms in total. The van der Waals surface area contributed by atoms with Gasteiger partial charge in [0.15, 0.2) is 5.13 Å². The van der Waals surface area contributed by atoms with Crippen LogP contribution in [0.3, 0.4) is 0 Å². The number of piperazine rings is 1. The monoisotopic (exact) mass is 572 g/mol. The largest absolute Gasteiger partial charge is 0.491 e. The van der Waals surface area contributed by atoms with Crippen LogP contribution in [-0.4, -0.2) is 65.2 Å². The van der Waals surface area contributed by atoms with Crippen LogP contribution in [0.2, 0.25) is 10.0 Å². The Morgan fingerprint density at radius 1 is 1.05 bits per heavy atom. The number of hydrogen-bond acceptors (Lipinski definition) is 9. The summed E-state index contributed by atoms with van der Waals surface area (Å²) in [5.74, 6) is -0.356. The minimum Gasteiger partial charge on any atom is -0.491 e. The average molecular weight is 574 g/mol. The Morgan fingerprint density at radius 3 is 2.58 bits per heavy atom. The Bertz CT molecular complexity index is 1330. The molecule has 0 bridgehead atoms. The fraction of sp³-hybridized carbons (Fsp3) is 0.346. The van der Waals surface area contributed by atoms with Gasteiger partial charge in [0.1, 0.15) is 37.7 Å². The normalized spacial score (nSPS) is 21.7. The standard InChI is InChI=1S/C26H26Cl2N6O3S/c27-19-1-6-23(24(28)13-19)26(16-34-18-29-17-31-34)36-15-22(37-26)14-35-21-4-2-20(3-5-21)32-8-10-33(11-9-32)25-30-7-12-38-25/h1-7,12-13,17-18,22H,8-11,14-16H2/t22-,26-/m1/s1. The van der Waals surface area contributed by atoms with Crippen LogP contribution in [0.1, 0.15) is 5.56 Å². The van der Waals surface area contributed by atoms with Gasteiger partial charge in [-0.1, -0.05) is 29.3 Å². The van der Waals surface area contributed by atoms with Crippen molar-refractivity contribution in [1.82, 2.24) is 19.7 Å². The van der Waals surface area contributed by atoms with E-state index in [0.717, 1.165) is 37.1 Å². The summed E-state index contributed by atoms with van der Waals surface area (Å²) in [6, 6.07) is 13.5. The summed E-state index contributed by atoms with van der Waals surface area (Å²) in [6.45, 7) is 4.78. The fourth-order valence-corrected chi connectivity index (χ4v) is 6.00. The topological polar surface area (TPSA) is 77.8 Å². The van der Waals surface area contributed by atoms with Crippen LogP contribution in [0.5, 0.6) is 5.75 Å². The molecule has 2 saturated heterocycles. The lowest BCUT2D eigenvalue weighted by Crippen LogP contribution is -2.46. The van der Waals surface area contributed by atoms with Crippen molar-refractivity contribution >= 4 is 45.4 Å². The third-order valence-electron chi connectivity index (χ3n) is 6.64. The molecule has 2 aliphatic rings. The van der Waals surface area contributed by atoms with Crippen molar-refractivity contribution in [3.05, 3.63) is 82.3 Å². The number of aromatic nitrogens is 4. The van der Waals surface area contributed by atoms with Crippen LogP contribution in [0.25, 0.3) is 0 Å². The van der Waals surface area contributed by atoms with Crippen LogP contribution in [-0.2, 0) is 21.8 Å². The van der Waals surface area contributed by atoms with E-state index in [1.807, 2.05) is 29.8 Å². The van der Waals surface area contributed by atoms with E-state index in [1.54, 1.807) is 34.5 Å². The van der Waals surface area contributed by atoms with Crippen molar-refractivity contribution in [3.8, 4) is 5.75 Å². The van der Waals surface area contributed by atoms with Gasteiger partial charge in [-0.15, -0.1) is 11.3 Å². The molecule has 2 aromatic heterocycles. The Hall–Kier alpha value is -2.89. The predicted molar refractivity (Wildman–Crippen MR) is 147 cm³/mol. The number of hydrogen-bond donors (Lipinski definition) is 0. The second kappa shape index (κ2) is 11.1. The van der Waals surface area contributed by atoms with Gasteiger partial charge in [0.2, 0.25) is 5.79 Å². The highest BCUT2D eigenvalue weighted by Crippen LogP contribution is 2.40. The average Bonchev–Trinajstić information content (AvgIpc) is 3.72. The first kappa shape index (κ1) is 25.4. The van der Waals surface area contributed by atoms with Gasteiger partial charge in [-0.25, -0.2) is 14.6 Å². The Kier molecular flexibility index (Phi) is 7.40. The third kappa shape index (κ3) is 5.45. The number of rotatable bonds is 8. The Balaban J connectivity index is 1.07. The minimum absolute atomic E-state index is 0.287. The SMILES string of the molecule is Clc1ccc([C@]2(Cn3cncn3)OC[C@@H](COc3ccc(N4CCN(c5nccs5)CC4)cc3)O2)c(Cl)c1. The molecule has 2 atom stereocenters. The lowest BCUT2D eigenvalue weighted by molar-refractivity contribution is -0.190. The van der Waals surface area contributed by atoms with Crippen molar-refractivity contribution in [2.75, 3.05) is 49.2 Å². The highest BCUT2D eigenvalue weighted by molar-refractivity contribution is 7.13. The van der Waals surface area contributed by atoms with E-state index < -0.39 is 5.79 Å². The van der Waals surface area contributed by atoms with Gasteiger partial charge in [-0.3, -0.25) is 0 Å². The van der Waals surface area contributed by atoms with Crippen LogP contribution < -0.4 is 14.5 Å². The molecule has 0 unspecified atom stereocenters. The summed E-state index contributed by atoms with van der Waals surface area (Å²) in [6.07, 6.45) is 4.64. The quantitative estimate of drug-likeness (QED) is 0.300. The van der Waals surface area contributed by atoms with Crippen molar-refractivity contribution in [2.24, 2.45) is 0 Å². The maximum atomic E-state index is 6.54. The summed E-state index contributed by atoms with van der Waals surface area (Å²) >= 11 is 14.4. The first-order valence-electron chi connectivity index (χ1n) is 12.3. The van der Waals surface area contributed by atoms with Gasteiger partial charge < -0.3 is 24.0 Å². The molecular weight excluding hydrogens is 547 g/mol. The van der Waals surface area contributed by atoms with Crippen molar-refractivity contribution in [3.63, 3.8) is 0 Å². The van der Waals surface area contributed by atoms with Crippen molar-refractivity contribution in [2.45, 2.75) is 18.4 Å². The molecule has 2 fully saturated rings. The van der Waals surface area contributed by atoms with Crippen molar-refractivity contribution < 1.29 is 14.2 Å². The molecule has 0 amide bonds. The summed E-state index contributed by atoms with van der Waals surface area (Å²) in [7, 11) is 0. The van der Waals surface area contributed by atoms with E-state index in [0.29, 0.717) is 28.8 Å². The molecule has 2 aliphatic heterocycles. The number of nitrogens with zero attached hydrogens (tertiary/aromatic N) is 6. The highest BCUT2D eigenvalue weighted by Gasteiger charge is 2.45. The zero-order valence-electron chi connectivity index (χ0n) is 20.5. The van der Waals surface area contributed by atoms with E-state index >= 15 is 0 Å². The fourth-order valence-electron chi connectivity index (χ4n) is 4.75. The second-order valence-electron chi connectivity index (χ2n) is 9.11. The molecule has 0 radical (unpaired) electrons. The van der Waals surface area contributed by atoms with Gasteiger partial charge >= 0.3 is 0 Å². The summed E-state index contributed by atoms with van der Waals surface area (Å²) < 4.78 is 20.4. The molecule has 198 valence electrons. The summed E-state index contributed by atoms with van der Waals surface area (Å²) in [5, 5.41) is 8.33. The van der Waals surface area contributed by atoms with E-state index in [-0.39, 0.29) is 12.6 Å². The molecule has 6 rings (SSSR count). The zero-order chi connectivity index (χ0) is 26.0. The van der Waals surface area contributed by atoms with Crippen LogP contribution >= 0.6 is 34.5 Å². The van der Waals surface area contributed by atoms with E-state index in [2.05, 4.69) is 37.0 Å². The molecular formula is C26H26Cl2N6O3S. The minimum atomic E-state index is -1.13. The maximum Gasteiger partial charge on any atom is 0.217 e. The number of anilines is 2. The number of halogens is 2. The molecule has 4 heterocycles. The second-order valence-corrected chi connectivity index (χ2v) is 10.8. The van der Waals surface area contributed by atoms with Gasteiger partial charge in [0, 0.05) is 54.0 Å². The van der Waals surface area contributed by atoms with Crippen LogP contribution in [0.15, 0.2) is 66.7 Å². The maximum absolute atomic E-state index is 6.54. The molecule has 0 aliphatic carbocycles. The summed E-state index contributed by atoms with van der Waals surface area (Å²) in [5.41, 5.74) is 1.86. The smallest absolute Gasteiger partial charge is 0.217 e. The molecule has 2 aromatic carbocycles. The van der Waals surface area contributed by atoms with Gasteiger partial charge in [-0.05, 0) is 36.4 Å². The number of thiazole rings is 1. The van der Waals surface area contributed by atoms with Crippen LogP contribution in [0, 0.1) is 0 Å². The Morgan fingerprint density at radius 2 is 1.87 bits per heavy atom. The number of ether oxygens (including phenoxy) is 3. The molecule has 12 heteroatoms. The summed E-state index contributed by atoms with van der Waals surface area (Å²) in [4.78, 5) is 13.2. The molecule has 0 spiro atoms. The molecule has 38 heavy (non-hydrogen) atoms. The first-order valence-corrected chi connectivity index (χ1v) is 13.9. The molecule has 4 aromatic rings. The van der Waals surface area contributed by atoms with Gasteiger partial charge in [0.05, 0.1) is 11.6 Å². The molecule has 0 N–H and O–H groups in total. The molecule has 0 saturated carbocycles. The van der Waals surface area contributed by atoms with E-state index in [4.69, 9.17) is 37.4 Å². The van der Waals surface area contributed by atoms with E-state index in [9.17, 15) is 0 Å². The highest BCUT2D eigenvalue weighted by atomic mass is 35.5. The van der Waals surface area contributed by atoms with Gasteiger partial charge in [-0.2, -0.15) is 5.10 Å².